The van der Waals surface area contributed by atoms with Gasteiger partial charge in [-0.1, -0.05) is 0 Å². The van der Waals surface area contributed by atoms with E-state index in [1.165, 1.54) is 0 Å². The summed E-state index contributed by atoms with van der Waals surface area (Å²) in [5.74, 6) is -1.08. The molecule has 0 spiro atoms. The van der Waals surface area contributed by atoms with E-state index in [0.717, 1.165) is 32.9 Å². The maximum absolute atomic E-state index is 8.89. The molecule has 1 rings (SSSR count). The molecule has 0 aromatic carbocycles. The predicted octanol–water partition coefficient (Wildman–Crippen LogP) is -3.75. The zero-order valence-electron chi connectivity index (χ0n) is 21.2. The second-order valence-electron chi connectivity index (χ2n) is 9.74. The van der Waals surface area contributed by atoms with Crippen LogP contribution in [-0.2, 0) is 24.3 Å². The van der Waals surface area contributed by atoms with E-state index in [4.69, 9.17) is 28.5 Å². The summed E-state index contributed by atoms with van der Waals surface area (Å²) in [7, 11) is -4.94. The molecule has 0 unspecified atom stereocenters. The molecule has 12 heteroatoms. The zero-order valence-corrected chi connectivity index (χ0v) is 24.9. The largest absolute Gasteiger partial charge is 2.00 e. The molecule has 4 N–H and O–H groups in total. The molecule has 0 saturated carbocycles. The molecule has 0 radical (unpaired) electrons. The van der Waals surface area contributed by atoms with Gasteiger partial charge in [-0.3, -0.25) is 0 Å². The number of carbonyl (C=O) groups is 1. The first-order valence-corrected chi connectivity index (χ1v) is 11.8. The first-order chi connectivity index (χ1) is 13.7. The molecule has 1 heterocycles. The van der Waals surface area contributed by atoms with Crippen molar-refractivity contribution in [3.05, 3.63) is 0 Å². The molecule has 4 atom stereocenters. The summed E-state index contributed by atoms with van der Waals surface area (Å²) in [5, 5.41) is 23.8. The Kier molecular flexibility index (Phi) is 19.1. The first kappa shape index (κ1) is 36.6. The third-order valence-electron chi connectivity index (χ3n) is 4.54. The SMILES string of the molecule is CC(=O)[O-].C[C@@H]1CNC(C)(C)C[C@H](C)N[C@@H](C)CNC(C)(C)C[C@@H](C)N1.[O-][Cl+3]([O-])([O-])[O-].[Zn+2]. The molecule has 32 heavy (non-hydrogen) atoms. The van der Waals surface area contributed by atoms with Crippen molar-refractivity contribution < 1.29 is 58.3 Å². The number of aliphatic carboxylic acids is 1. The molecule has 1 saturated heterocycles. The minimum absolute atomic E-state index is 0. The van der Waals surface area contributed by atoms with E-state index in [1.807, 2.05) is 0 Å². The van der Waals surface area contributed by atoms with Crippen LogP contribution in [0.5, 0.6) is 0 Å². The van der Waals surface area contributed by atoms with Crippen LogP contribution in [0.2, 0.25) is 0 Å². The van der Waals surface area contributed by atoms with Gasteiger partial charge >= 0.3 is 19.5 Å². The monoisotopic (exact) mass is 534 g/mol. The van der Waals surface area contributed by atoms with Gasteiger partial charge in [0, 0.05) is 54.3 Å². The van der Waals surface area contributed by atoms with Gasteiger partial charge in [0.15, 0.2) is 0 Å². The minimum atomic E-state index is -4.94. The Morgan fingerprint density at radius 1 is 0.750 bits per heavy atom. The number of carbonyl (C=O) groups excluding carboxylic acids is 1. The van der Waals surface area contributed by atoms with E-state index < -0.39 is 16.2 Å². The third-order valence-corrected chi connectivity index (χ3v) is 4.54. The van der Waals surface area contributed by atoms with E-state index in [2.05, 4.69) is 76.7 Å². The fourth-order valence-electron chi connectivity index (χ4n) is 3.74. The zero-order chi connectivity index (χ0) is 25.0. The fraction of sp³-hybridized carbons (Fsp3) is 0.950. The molecule has 0 aromatic rings. The average molecular weight is 536 g/mol. The second-order valence-corrected chi connectivity index (χ2v) is 10.5. The van der Waals surface area contributed by atoms with Gasteiger partial charge in [0.05, 0.1) is 0 Å². The Balaban J connectivity index is -0.000000712. The number of carboxylic acids is 1. The first-order valence-electron chi connectivity index (χ1n) is 10.5. The number of nitrogens with one attached hydrogen (secondary N) is 4. The molecule has 1 aliphatic rings. The smallest absolute Gasteiger partial charge is 0.550 e. The van der Waals surface area contributed by atoms with Crippen LogP contribution in [0.25, 0.3) is 0 Å². The number of carboxylic acid groups (broad SMARTS) is 1. The van der Waals surface area contributed by atoms with Crippen molar-refractivity contribution in [2.75, 3.05) is 13.1 Å². The van der Waals surface area contributed by atoms with Crippen LogP contribution >= 0.6 is 0 Å². The van der Waals surface area contributed by atoms with Crippen molar-refractivity contribution in [2.45, 2.75) is 110 Å². The van der Waals surface area contributed by atoms with Crippen molar-refractivity contribution in [1.29, 1.82) is 0 Å². The Morgan fingerprint density at radius 2 is 0.969 bits per heavy atom. The quantitative estimate of drug-likeness (QED) is 0.225. The van der Waals surface area contributed by atoms with Crippen molar-refractivity contribution in [3.8, 4) is 0 Å². The molecule has 0 amide bonds. The van der Waals surface area contributed by atoms with Crippen molar-refractivity contribution in [2.24, 2.45) is 0 Å². The van der Waals surface area contributed by atoms with E-state index in [9.17, 15) is 0 Å². The van der Waals surface area contributed by atoms with Gasteiger partial charge in [0.1, 0.15) is 0 Å². The van der Waals surface area contributed by atoms with Crippen LogP contribution in [-0.4, -0.2) is 54.3 Å². The molecule has 0 aromatic heterocycles. The Bertz CT molecular complexity index is 467. The van der Waals surface area contributed by atoms with Crippen molar-refractivity contribution in [1.82, 2.24) is 21.3 Å². The maximum atomic E-state index is 8.89. The Hall–Kier alpha value is 0.0634. The molecule has 10 nitrogen and oxygen atoms in total. The predicted molar refractivity (Wildman–Crippen MR) is 108 cm³/mol. The molecule has 0 bridgehead atoms. The van der Waals surface area contributed by atoms with Gasteiger partial charge in [-0.15, -0.1) is 10.2 Å². The van der Waals surface area contributed by atoms with Crippen LogP contribution in [0.15, 0.2) is 0 Å². The van der Waals surface area contributed by atoms with E-state index >= 15 is 0 Å². The van der Waals surface area contributed by atoms with E-state index in [0.29, 0.717) is 24.2 Å². The Labute approximate surface area is 208 Å². The fourth-order valence-corrected chi connectivity index (χ4v) is 3.74. The van der Waals surface area contributed by atoms with Gasteiger partial charge in [-0.25, -0.2) is 18.6 Å². The average Bonchev–Trinajstić information content (AvgIpc) is 2.47. The molecular weight excluding hydrogens is 493 g/mol. The van der Waals surface area contributed by atoms with Crippen LogP contribution in [0, 0.1) is 10.2 Å². The van der Waals surface area contributed by atoms with Gasteiger partial charge in [-0.05, 0) is 75.2 Å². The number of halogens is 1. The van der Waals surface area contributed by atoms with E-state index in [-0.39, 0.29) is 30.6 Å². The van der Waals surface area contributed by atoms with Gasteiger partial charge < -0.3 is 31.2 Å². The Morgan fingerprint density at radius 3 is 1.19 bits per heavy atom. The summed E-state index contributed by atoms with van der Waals surface area (Å²) >= 11 is 0. The van der Waals surface area contributed by atoms with Crippen LogP contribution in [0.1, 0.15) is 75.2 Å². The van der Waals surface area contributed by atoms with Gasteiger partial charge in [0.2, 0.25) is 0 Å². The summed E-state index contributed by atoms with van der Waals surface area (Å²) < 4.78 is 34.0. The molecule has 0 aliphatic carbocycles. The normalized spacial score (nSPS) is 28.9. The number of rotatable bonds is 0. The molecular formula is C20H43ClN4O6Zn. The van der Waals surface area contributed by atoms with Gasteiger partial charge in [0.25, 0.3) is 0 Å². The third kappa shape index (κ3) is 28.1. The summed E-state index contributed by atoms with van der Waals surface area (Å²) in [6.45, 7) is 21.3. The summed E-state index contributed by atoms with van der Waals surface area (Å²) in [4.78, 5) is 8.89. The molecule has 188 valence electrons. The van der Waals surface area contributed by atoms with Crippen molar-refractivity contribution in [3.63, 3.8) is 0 Å². The van der Waals surface area contributed by atoms with Gasteiger partial charge in [-0.2, -0.15) is 0 Å². The van der Waals surface area contributed by atoms with Crippen molar-refractivity contribution >= 4 is 5.97 Å². The van der Waals surface area contributed by atoms with Crippen LogP contribution < -0.4 is 45.0 Å². The molecule has 1 fully saturated rings. The molecule has 1 aliphatic heterocycles. The van der Waals surface area contributed by atoms with Crippen LogP contribution in [0.4, 0.5) is 0 Å². The van der Waals surface area contributed by atoms with E-state index in [1.54, 1.807) is 0 Å². The minimum Gasteiger partial charge on any atom is -0.550 e. The van der Waals surface area contributed by atoms with Crippen LogP contribution in [0.3, 0.4) is 0 Å². The summed E-state index contributed by atoms with van der Waals surface area (Å²) in [5.41, 5.74) is 0.310. The summed E-state index contributed by atoms with van der Waals surface area (Å²) in [6.07, 6.45) is 2.26. The topological polar surface area (TPSA) is 180 Å². The standard InChI is InChI=1S/C18H40N4.C2H4O2.ClHO4.Zn/c1-13-9-17(5,6)19-12-16(4)22-14(2)10-18(7,8)20-11-15(3)21-13;1-2(3)4;2-1(3,4)5;/h13-16,19-22H,9-12H2,1-8H3;1H3,(H,3,4);(H,2,3,4,5);/q;;;+2/p-2/t13-,14+,15-,16+;;;. The second kappa shape index (κ2) is 16.7. The summed E-state index contributed by atoms with van der Waals surface area (Å²) in [6, 6.07) is 1.98. The number of hydrogen-bond donors (Lipinski definition) is 4. The maximum Gasteiger partial charge on any atom is 2.00 e. The number of hydrogen-bond acceptors (Lipinski definition) is 10.